The molecule has 0 aliphatic heterocycles. The molecule has 0 aliphatic carbocycles. The summed E-state index contributed by atoms with van der Waals surface area (Å²) in [6.07, 6.45) is 0. The van der Waals surface area contributed by atoms with Crippen molar-refractivity contribution in [1.29, 1.82) is 0 Å². The van der Waals surface area contributed by atoms with Crippen LogP contribution in [0.5, 0.6) is 5.75 Å². The molecule has 0 bridgehead atoms. The van der Waals surface area contributed by atoms with E-state index in [0.717, 1.165) is 4.57 Å². The number of methoxy groups -OCH3 is 1. The number of hydrogen-bond acceptors (Lipinski definition) is 6. The first kappa shape index (κ1) is 17.9. The van der Waals surface area contributed by atoms with Crippen LogP contribution in [0, 0.1) is 10.1 Å². The quantitative estimate of drug-likeness (QED) is 0.353. The van der Waals surface area contributed by atoms with Gasteiger partial charge in [0.25, 0.3) is 5.56 Å². The van der Waals surface area contributed by atoms with E-state index in [1.54, 1.807) is 10.6 Å². The molecular formula is C15H14BrN5O5. The number of aryl methyl sites for hydroxylation is 1. The van der Waals surface area contributed by atoms with Gasteiger partial charge >= 0.3 is 11.4 Å². The van der Waals surface area contributed by atoms with E-state index in [2.05, 4.69) is 20.9 Å². The topological polar surface area (TPSA) is 114 Å². The Bertz CT molecular complexity index is 1160. The van der Waals surface area contributed by atoms with Crippen LogP contribution in [-0.2, 0) is 20.6 Å². The molecule has 0 atom stereocenters. The summed E-state index contributed by atoms with van der Waals surface area (Å²) in [6, 6.07) is 4.54. The second-order valence-corrected chi connectivity index (χ2v) is 6.32. The maximum atomic E-state index is 12.5. The van der Waals surface area contributed by atoms with Gasteiger partial charge in [-0.3, -0.25) is 24.0 Å². The average molecular weight is 424 g/mol. The Morgan fingerprint density at radius 1 is 1.27 bits per heavy atom. The lowest BCUT2D eigenvalue weighted by molar-refractivity contribution is -0.385. The summed E-state index contributed by atoms with van der Waals surface area (Å²) in [5.74, 6) is 0.145. The van der Waals surface area contributed by atoms with Crippen molar-refractivity contribution in [3.05, 3.63) is 59.4 Å². The van der Waals surface area contributed by atoms with Gasteiger partial charge in [-0.1, -0.05) is 6.07 Å². The molecule has 0 amide bonds. The van der Waals surface area contributed by atoms with Crippen molar-refractivity contribution in [3.63, 3.8) is 0 Å². The van der Waals surface area contributed by atoms with Crippen LogP contribution in [0.2, 0.25) is 0 Å². The molecule has 3 rings (SSSR count). The van der Waals surface area contributed by atoms with Crippen molar-refractivity contribution in [2.45, 2.75) is 6.54 Å². The molecule has 11 heteroatoms. The molecule has 0 fully saturated rings. The van der Waals surface area contributed by atoms with Crippen molar-refractivity contribution in [2.24, 2.45) is 14.1 Å². The maximum absolute atomic E-state index is 12.5. The number of rotatable bonds is 4. The smallest absolute Gasteiger partial charge is 0.332 e. The number of hydrogen-bond donors (Lipinski definition) is 0. The molecule has 10 nitrogen and oxygen atoms in total. The number of nitro benzene ring substituents is 1. The van der Waals surface area contributed by atoms with E-state index in [1.807, 2.05) is 0 Å². The Balaban J connectivity index is 2.21. The summed E-state index contributed by atoms with van der Waals surface area (Å²) in [6.45, 7) is 0.148. The Hall–Kier alpha value is -2.95. The highest BCUT2D eigenvalue weighted by molar-refractivity contribution is 9.10. The Morgan fingerprint density at radius 3 is 2.58 bits per heavy atom. The minimum atomic E-state index is -0.536. The summed E-state index contributed by atoms with van der Waals surface area (Å²) in [7, 11) is 4.26. The molecule has 0 saturated heterocycles. The van der Waals surface area contributed by atoms with Crippen LogP contribution in [0.15, 0.2) is 32.5 Å². The van der Waals surface area contributed by atoms with Gasteiger partial charge in [0.2, 0.25) is 0 Å². The molecule has 26 heavy (non-hydrogen) atoms. The van der Waals surface area contributed by atoms with E-state index in [4.69, 9.17) is 4.74 Å². The van der Waals surface area contributed by atoms with Gasteiger partial charge in [-0.25, -0.2) is 9.78 Å². The van der Waals surface area contributed by atoms with E-state index < -0.39 is 16.2 Å². The number of imidazole rings is 1. The van der Waals surface area contributed by atoms with Crippen LogP contribution >= 0.6 is 15.9 Å². The van der Waals surface area contributed by atoms with Crippen molar-refractivity contribution < 1.29 is 9.66 Å². The molecule has 3 aromatic rings. The van der Waals surface area contributed by atoms with E-state index in [1.165, 1.54) is 37.9 Å². The first-order valence-corrected chi connectivity index (χ1v) is 8.18. The summed E-state index contributed by atoms with van der Waals surface area (Å²) < 4.78 is 9.15. The van der Waals surface area contributed by atoms with E-state index in [-0.39, 0.29) is 29.1 Å². The summed E-state index contributed by atoms with van der Waals surface area (Å²) >= 11 is 3.29. The monoisotopic (exact) mass is 423 g/mol. The summed E-state index contributed by atoms with van der Waals surface area (Å²) in [4.78, 5) is 39.5. The largest absolute Gasteiger partial charge is 0.490 e. The Labute approximate surface area is 154 Å². The lowest BCUT2D eigenvalue weighted by atomic mass is 10.2. The Morgan fingerprint density at radius 2 is 1.96 bits per heavy atom. The number of nitrogens with zero attached hydrogens (tertiary/aromatic N) is 5. The molecule has 0 unspecified atom stereocenters. The van der Waals surface area contributed by atoms with Gasteiger partial charge in [-0.05, 0) is 27.6 Å². The third kappa shape index (κ3) is 2.69. The van der Waals surface area contributed by atoms with Gasteiger partial charge in [-0.2, -0.15) is 0 Å². The van der Waals surface area contributed by atoms with Crippen molar-refractivity contribution >= 4 is 32.8 Å². The van der Waals surface area contributed by atoms with Crippen molar-refractivity contribution in [3.8, 4) is 5.75 Å². The van der Waals surface area contributed by atoms with E-state index in [0.29, 0.717) is 10.3 Å². The number of benzene rings is 1. The fourth-order valence-corrected chi connectivity index (χ4v) is 3.19. The van der Waals surface area contributed by atoms with Gasteiger partial charge in [0.05, 0.1) is 18.6 Å². The van der Waals surface area contributed by atoms with Crippen LogP contribution in [0.3, 0.4) is 0 Å². The molecule has 2 aromatic heterocycles. The molecule has 1 aromatic carbocycles. The van der Waals surface area contributed by atoms with Gasteiger partial charge < -0.3 is 9.30 Å². The first-order valence-electron chi connectivity index (χ1n) is 7.39. The van der Waals surface area contributed by atoms with Crippen LogP contribution in [0.1, 0.15) is 5.56 Å². The van der Waals surface area contributed by atoms with Crippen LogP contribution < -0.4 is 16.0 Å². The zero-order valence-electron chi connectivity index (χ0n) is 14.1. The molecular weight excluding hydrogens is 410 g/mol. The Kier molecular flexibility index (Phi) is 4.40. The lowest BCUT2D eigenvalue weighted by Crippen LogP contribution is -2.37. The predicted molar refractivity (Wildman–Crippen MR) is 96.7 cm³/mol. The first-order chi connectivity index (χ1) is 12.3. The molecule has 0 spiro atoms. The number of fused-ring (bicyclic) bond motifs is 1. The van der Waals surface area contributed by atoms with E-state index >= 15 is 0 Å². The summed E-state index contributed by atoms with van der Waals surface area (Å²) in [5.41, 5.74) is -0.128. The molecule has 0 radical (unpaired) electrons. The fourth-order valence-electron chi connectivity index (χ4n) is 2.72. The predicted octanol–water partition coefficient (Wildman–Crippen LogP) is 1.16. The number of halogens is 1. The number of aromatic nitrogens is 4. The van der Waals surface area contributed by atoms with Gasteiger partial charge in [0.1, 0.15) is 0 Å². The third-order valence-electron chi connectivity index (χ3n) is 4.08. The highest BCUT2D eigenvalue weighted by atomic mass is 79.9. The highest BCUT2D eigenvalue weighted by Gasteiger charge is 2.20. The zero-order valence-corrected chi connectivity index (χ0v) is 15.7. The second kappa shape index (κ2) is 6.41. The van der Waals surface area contributed by atoms with Gasteiger partial charge in [0.15, 0.2) is 21.6 Å². The normalized spacial score (nSPS) is 11.1. The average Bonchev–Trinajstić information content (AvgIpc) is 2.94. The number of ether oxygens (including phenoxy) is 1. The third-order valence-corrected chi connectivity index (χ3v) is 4.69. The molecule has 136 valence electrons. The maximum Gasteiger partial charge on any atom is 0.332 e. The molecule has 0 saturated carbocycles. The van der Waals surface area contributed by atoms with Crippen molar-refractivity contribution in [2.75, 3.05) is 7.11 Å². The van der Waals surface area contributed by atoms with Crippen LogP contribution in [-0.4, -0.2) is 30.7 Å². The fraction of sp³-hybridized carbons (Fsp3) is 0.267. The molecule has 0 aliphatic rings. The summed E-state index contributed by atoms with van der Waals surface area (Å²) in [5, 5.41) is 11.2. The zero-order chi connectivity index (χ0) is 19.2. The van der Waals surface area contributed by atoms with Gasteiger partial charge in [-0.15, -0.1) is 0 Å². The highest BCUT2D eigenvalue weighted by Crippen LogP contribution is 2.28. The van der Waals surface area contributed by atoms with E-state index in [9.17, 15) is 19.7 Å². The standard InChI is InChI=1S/C15H14BrN5O5/c1-18-12-11(13(22)19(2)15(18)23)20(14(16)17-12)7-8-4-5-10(26-3)9(6-8)21(24)25/h4-6H,7H2,1-3H3. The van der Waals surface area contributed by atoms with Crippen LogP contribution in [0.4, 0.5) is 5.69 Å². The minimum Gasteiger partial charge on any atom is -0.490 e. The minimum absolute atomic E-state index is 0.145. The second-order valence-electron chi connectivity index (χ2n) is 5.61. The van der Waals surface area contributed by atoms with Gasteiger partial charge in [0, 0.05) is 20.2 Å². The number of nitro groups is 1. The molecule has 0 N–H and O–H groups in total. The van der Waals surface area contributed by atoms with Crippen molar-refractivity contribution in [1.82, 2.24) is 18.7 Å². The molecule has 2 heterocycles. The van der Waals surface area contributed by atoms with Crippen LogP contribution in [0.25, 0.3) is 11.2 Å². The SMILES string of the molecule is COc1ccc(Cn2c(Br)nc3c2c(=O)n(C)c(=O)n3C)cc1[N+](=O)[O-]. The lowest BCUT2D eigenvalue weighted by Gasteiger charge is -2.09.